The number of piperidine rings is 1. The fourth-order valence-electron chi connectivity index (χ4n) is 5.94. The van der Waals surface area contributed by atoms with Crippen molar-refractivity contribution in [1.29, 1.82) is 0 Å². The van der Waals surface area contributed by atoms with Crippen LogP contribution in [0.5, 0.6) is 0 Å². The molecule has 0 spiro atoms. The van der Waals surface area contributed by atoms with E-state index in [0.717, 1.165) is 32.1 Å². The normalized spacial score (nSPS) is 37.8. The fraction of sp³-hybridized carbons (Fsp3) is 0.857. The maximum atomic E-state index is 13.0. The minimum absolute atomic E-state index is 0.0196. The van der Waals surface area contributed by atoms with Crippen molar-refractivity contribution in [2.45, 2.75) is 88.5 Å². The summed E-state index contributed by atoms with van der Waals surface area (Å²) >= 11 is 0. The molecular formula is C21H33N3O5S. The highest BCUT2D eigenvalue weighted by molar-refractivity contribution is 7.90. The molecule has 3 amide bonds. The van der Waals surface area contributed by atoms with Gasteiger partial charge in [-0.1, -0.05) is 26.2 Å². The minimum atomic E-state index is -3.37. The quantitative estimate of drug-likeness (QED) is 0.627. The largest absolute Gasteiger partial charge is 0.330 e. The SMILES string of the molecule is CCC1CCCC(S(=O)(=O)NC2CCC3C(=O)N(C4CCC(=O)NC4=O)CC3C2)C1. The molecule has 0 aromatic rings. The standard InChI is InChI=1S/C21H33N3O5S/c1-2-13-4-3-5-16(10-13)30(28,29)23-15-6-7-17-14(11-15)12-24(21(17)27)18-8-9-19(25)22-20(18)26/h13-18,23H,2-12H2,1H3,(H,22,25,26). The van der Waals surface area contributed by atoms with E-state index in [9.17, 15) is 22.8 Å². The first kappa shape index (κ1) is 21.7. The van der Waals surface area contributed by atoms with Crippen LogP contribution in [-0.2, 0) is 24.4 Å². The lowest BCUT2D eigenvalue weighted by atomic mass is 9.79. The molecule has 2 aliphatic carbocycles. The van der Waals surface area contributed by atoms with E-state index in [1.165, 1.54) is 0 Å². The summed E-state index contributed by atoms with van der Waals surface area (Å²) in [5, 5.41) is 2.02. The predicted molar refractivity (Wildman–Crippen MR) is 111 cm³/mol. The fourth-order valence-corrected chi connectivity index (χ4v) is 7.81. The van der Waals surface area contributed by atoms with E-state index in [-0.39, 0.29) is 41.4 Å². The van der Waals surface area contributed by atoms with E-state index in [2.05, 4.69) is 17.0 Å². The van der Waals surface area contributed by atoms with E-state index in [4.69, 9.17) is 0 Å². The number of rotatable bonds is 5. The molecule has 2 saturated heterocycles. The van der Waals surface area contributed by atoms with Crippen LogP contribution in [-0.4, -0.2) is 54.9 Å². The summed E-state index contributed by atoms with van der Waals surface area (Å²) in [6, 6.07) is -0.725. The average molecular weight is 440 g/mol. The molecular weight excluding hydrogens is 406 g/mol. The molecule has 0 aromatic heterocycles. The first-order valence-corrected chi connectivity index (χ1v) is 13.0. The van der Waals surface area contributed by atoms with Crippen molar-refractivity contribution in [3.63, 3.8) is 0 Å². The lowest BCUT2D eigenvalue weighted by molar-refractivity contribution is -0.144. The summed E-state index contributed by atoms with van der Waals surface area (Å²) < 4.78 is 28.9. The van der Waals surface area contributed by atoms with Gasteiger partial charge in [0.25, 0.3) is 0 Å². The number of amides is 3. The molecule has 0 aromatic carbocycles. The third-order valence-electron chi connectivity index (χ3n) is 7.68. The molecule has 9 heteroatoms. The molecule has 8 nitrogen and oxygen atoms in total. The van der Waals surface area contributed by atoms with Crippen LogP contribution in [0.1, 0.15) is 71.1 Å². The van der Waals surface area contributed by atoms with E-state index in [1.54, 1.807) is 4.90 Å². The van der Waals surface area contributed by atoms with Gasteiger partial charge in [-0.25, -0.2) is 13.1 Å². The lowest BCUT2D eigenvalue weighted by Gasteiger charge is -2.33. The lowest BCUT2D eigenvalue weighted by Crippen LogP contribution is -2.53. The van der Waals surface area contributed by atoms with Crippen LogP contribution in [0, 0.1) is 17.8 Å². The zero-order valence-corrected chi connectivity index (χ0v) is 18.5. The number of sulfonamides is 1. The van der Waals surface area contributed by atoms with Crippen molar-refractivity contribution < 1.29 is 22.8 Å². The van der Waals surface area contributed by atoms with Crippen LogP contribution in [0.2, 0.25) is 0 Å². The first-order chi connectivity index (χ1) is 14.3. The Bertz CT molecular complexity index is 813. The van der Waals surface area contributed by atoms with Gasteiger partial charge < -0.3 is 4.90 Å². The van der Waals surface area contributed by atoms with Gasteiger partial charge in [-0.05, 0) is 50.4 Å². The number of hydrogen-bond acceptors (Lipinski definition) is 5. The first-order valence-electron chi connectivity index (χ1n) is 11.4. The Morgan fingerprint density at radius 1 is 1.07 bits per heavy atom. The van der Waals surface area contributed by atoms with E-state index in [1.807, 2.05) is 0 Å². The molecule has 2 heterocycles. The molecule has 2 saturated carbocycles. The highest BCUT2D eigenvalue weighted by atomic mass is 32.2. The monoisotopic (exact) mass is 439 g/mol. The van der Waals surface area contributed by atoms with Gasteiger partial charge >= 0.3 is 0 Å². The van der Waals surface area contributed by atoms with Crippen molar-refractivity contribution in [1.82, 2.24) is 14.9 Å². The Labute approximate surface area is 178 Å². The maximum absolute atomic E-state index is 13.0. The molecule has 4 rings (SSSR count). The third kappa shape index (κ3) is 4.28. The van der Waals surface area contributed by atoms with Crippen molar-refractivity contribution in [2.75, 3.05) is 6.54 Å². The summed E-state index contributed by atoms with van der Waals surface area (Å²) in [6.07, 6.45) is 7.12. The number of likely N-dealkylation sites (tertiary alicyclic amines) is 1. The van der Waals surface area contributed by atoms with Crippen molar-refractivity contribution in [2.24, 2.45) is 17.8 Å². The smallest absolute Gasteiger partial charge is 0.249 e. The minimum Gasteiger partial charge on any atom is -0.330 e. The summed E-state index contributed by atoms with van der Waals surface area (Å²) in [4.78, 5) is 38.1. The van der Waals surface area contributed by atoms with Crippen LogP contribution in [0.4, 0.5) is 0 Å². The molecule has 2 N–H and O–H groups in total. The van der Waals surface area contributed by atoms with Crippen LogP contribution in [0.15, 0.2) is 0 Å². The molecule has 0 bridgehead atoms. The van der Waals surface area contributed by atoms with Gasteiger partial charge in [0, 0.05) is 24.9 Å². The highest BCUT2D eigenvalue weighted by Gasteiger charge is 2.48. The number of fused-ring (bicyclic) bond motifs is 1. The van der Waals surface area contributed by atoms with Gasteiger partial charge in [0.05, 0.1) is 5.25 Å². The van der Waals surface area contributed by atoms with Gasteiger partial charge in [0.2, 0.25) is 27.7 Å². The number of carbonyl (C=O) groups is 3. The Balaban J connectivity index is 1.37. The number of nitrogens with zero attached hydrogens (tertiary/aromatic N) is 1. The van der Waals surface area contributed by atoms with Crippen LogP contribution < -0.4 is 10.0 Å². The molecule has 30 heavy (non-hydrogen) atoms. The molecule has 4 aliphatic rings. The Morgan fingerprint density at radius 2 is 1.87 bits per heavy atom. The van der Waals surface area contributed by atoms with Crippen molar-refractivity contribution in [3.05, 3.63) is 0 Å². The maximum Gasteiger partial charge on any atom is 0.249 e. The number of hydrogen-bond donors (Lipinski definition) is 2. The molecule has 2 aliphatic heterocycles. The van der Waals surface area contributed by atoms with Gasteiger partial charge in [0.1, 0.15) is 6.04 Å². The van der Waals surface area contributed by atoms with Crippen LogP contribution in [0.3, 0.4) is 0 Å². The topological polar surface area (TPSA) is 113 Å². The van der Waals surface area contributed by atoms with E-state index < -0.39 is 22.0 Å². The zero-order valence-electron chi connectivity index (χ0n) is 17.6. The van der Waals surface area contributed by atoms with Gasteiger partial charge in [-0.3, -0.25) is 19.7 Å². The Morgan fingerprint density at radius 3 is 2.60 bits per heavy atom. The second kappa shape index (κ2) is 8.57. The Hall–Kier alpha value is -1.48. The number of imide groups is 1. The molecule has 6 unspecified atom stereocenters. The van der Waals surface area contributed by atoms with Crippen LogP contribution >= 0.6 is 0 Å². The second-order valence-corrected chi connectivity index (χ2v) is 11.6. The molecule has 168 valence electrons. The Kier molecular flexibility index (Phi) is 6.21. The summed E-state index contributed by atoms with van der Waals surface area (Å²) in [5.74, 6) is -0.296. The predicted octanol–water partition coefficient (Wildman–Crippen LogP) is 1.31. The molecule has 4 fully saturated rings. The highest BCUT2D eigenvalue weighted by Crippen LogP contribution is 2.39. The second-order valence-electron chi connectivity index (χ2n) is 9.56. The van der Waals surface area contributed by atoms with Crippen molar-refractivity contribution >= 4 is 27.7 Å². The molecule has 6 atom stereocenters. The van der Waals surface area contributed by atoms with Gasteiger partial charge in [0.15, 0.2) is 0 Å². The zero-order chi connectivity index (χ0) is 21.5. The third-order valence-corrected chi connectivity index (χ3v) is 9.65. The summed E-state index contributed by atoms with van der Waals surface area (Å²) in [5.41, 5.74) is 0. The number of nitrogens with one attached hydrogen (secondary N) is 2. The average Bonchev–Trinajstić information content (AvgIpc) is 3.03. The van der Waals surface area contributed by atoms with E-state index in [0.29, 0.717) is 38.1 Å². The van der Waals surface area contributed by atoms with E-state index >= 15 is 0 Å². The summed E-state index contributed by atoms with van der Waals surface area (Å²) in [6.45, 7) is 2.59. The summed E-state index contributed by atoms with van der Waals surface area (Å²) in [7, 11) is -3.37. The number of carbonyl (C=O) groups excluding carboxylic acids is 3. The van der Waals surface area contributed by atoms with Crippen molar-refractivity contribution in [3.8, 4) is 0 Å². The molecule has 0 radical (unpaired) electrons. The van der Waals surface area contributed by atoms with Gasteiger partial charge in [-0.2, -0.15) is 0 Å². The van der Waals surface area contributed by atoms with Gasteiger partial charge in [-0.15, -0.1) is 0 Å². The van der Waals surface area contributed by atoms with Crippen LogP contribution in [0.25, 0.3) is 0 Å².